The van der Waals surface area contributed by atoms with Gasteiger partial charge in [0.15, 0.2) is 0 Å². The van der Waals surface area contributed by atoms with Gasteiger partial charge >= 0.3 is 0 Å². The standard InChI is InChI=1S/C16H24N2O/c1-13(14-6-8-15(17)9-7-14)12-16(19)18-10-4-2-3-5-11-18/h6-9,13H,2-5,10-12,17H2,1H3. The van der Waals surface area contributed by atoms with Crippen LogP contribution >= 0.6 is 0 Å². The van der Waals surface area contributed by atoms with Crippen LogP contribution in [0.25, 0.3) is 0 Å². The fourth-order valence-electron chi connectivity index (χ4n) is 2.65. The Morgan fingerprint density at radius 3 is 2.32 bits per heavy atom. The summed E-state index contributed by atoms with van der Waals surface area (Å²) in [5.41, 5.74) is 7.65. The highest BCUT2D eigenvalue weighted by molar-refractivity contribution is 5.77. The van der Waals surface area contributed by atoms with Crippen LogP contribution in [0, 0.1) is 0 Å². The van der Waals surface area contributed by atoms with Crippen molar-refractivity contribution in [1.82, 2.24) is 4.90 Å². The topological polar surface area (TPSA) is 46.3 Å². The van der Waals surface area contributed by atoms with Crippen molar-refractivity contribution in [1.29, 1.82) is 0 Å². The zero-order valence-corrected chi connectivity index (χ0v) is 11.8. The minimum absolute atomic E-state index is 0.261. The zero-order valence-electron chi connectivity index (χ0n) is 11.8. The second-order valence-electron chi connectivity index (χ2n) is 5.57. The van der Waals surface area contributed by atoms with Gasteiger partial charge in [-0.05, 0) is 36.5 Å². The van der Waals surface area contributed by atoms with E-state index in [1.165, 1.54) is 18.4 Å². The molecule has 0 radical (unpaired) electrons. The Balaban J connectivity index is 1.92. The average molecular weight is 260 g/mol. The minimum Gasteiger partial charge on any atom is -0.399 e. The first-order chi connectivity index (χ1) is 9.16. The predicted molar refractivity (Wildman–Crippen MR) is 78.9 cm³/mol. The van der Waals surface area contributed by atoms with E-state index >= 15 is 0 Å². The van der Waals surface area contributed by atoms with Crippen LogP contribution in [-0.4, -0.2) is 23.9 Å². The number of hydrogen-bond donors (Lipinski definition) is 1. The number of likely N-dealkylation sites (tertiary alicyclic amines) is 1. The third kappa shape index (κ3) is 3.98. The summed E-state index contributed by atoms with van der Waals surface area (Å²) in [6.07, 6.45) is 5.43. The Bertz CT molecular complexity index is 405. The summed E-state index contributed by atoms with van der Waals surface area (Å²) < 4.78 is 0. The molecule has 0 spiro atoms. The molecule has 1 heterocycles. The summed E-state index contributed by atoms with van der Waals surface area (Å²) in [6.45, 7) is 3.99. The van der Waals surface area contributed by atoms with Gasteiger partial charge in [-0.15, -0.1) is 0 Å². The molecule has 1 aromatic carbocycles. The van der Waals surface area contributed by atoms with E-state index in [9.17, 15) is 4.79 Å². The maximum Gasteiger partial charge on any atom is 0.223 e. The fraction of sp³-hybridized carbons (Fsp3) is 0.562. The van der Waals surface area contributed by atoms with Gasteiger partial charge in [0.05, 0.1) is 0 Å². The lowest BCUT2D eigenvalue weighted by Gasteiger charge is -2.22. The lowest BCUT2D eigenvalue weighted by Crippen LogP contribution is -2.32. The molecule has 1 aliphatic rings. The zero-order chi connectivity index (χ0) is 13.7. The van der Waals surface area contributed by atoms with Gasteiger partial charge < -0.3 is 10.6 Å². The monoisotopic (exact) mass is 260 g/mol. The van der Waals surface area contributed by atoms with Gasteiger partial charge in [-0.1, -0.05) is 31.9 Å². The molecule has 3 heteroatoms. The fourth-order valence-corrected chi connectivity index (χ4v) is 2.65. The van der Waals surface area contributed by atoms with Crippen LogP contribution < -0.4 is 5.73 Å². The van der Waals surface area contributed by atoms with Gasteiger partial charge in [0.1, 0.15) is 0 Å². The lowest BCUT2D eigenvalue weighted by molar-refractivity contribution is -0.131. The highest BCUT2D eigenvalue weighted by atomic mass is 16.2. The van der Waals surface area contributed by atoms with E-state index in [1.54, 1.807) is 0 Å². The number of nitrogens with two attached hydrogens (primary N) is 1. The summed E-state index contributed by atoms with van der Waals surface area (Å²) in [4.78, 5) is 14.3. The van der Waals surface area contributed by atoms with E-state index in [4.69, 9.17) is 5.73 Å². The SMILES string of the molecule is CC(CC(=O)N1CCCCCC1)c1ccc(N)cc1. The molecule has 2 rings (SSSR count). The number of hydrogen-bond acceptors (Lipinski definition) is 2. The van der Waals surface area contributed by atoms with Gasteiger partial charge in [0.2, 0.25) is 5.91 Å². The van der Waals surface area contributed by atoms with Crippen molar-refractivity contribution in [3.63, 3.8) is 0 Å². The summed E-state index contributed by atoms with van der Waals surface area (Å²) in [5, 5.41) is 0. The largest absolute Gasteiger partial charge is 0.399 e. The molecule has 1 atom stereocenters. The Labute approximate surface area is 115 Å². The number of benzene rings is 1. The second kappa shape index (κ2) is 6.60. The number of carbonyl (C=O) groups is 1. The van der Waals surface area contributed by atoms with Crippen LogP contribution in [0.3, 0.4) is 0 Å². The van der Waals surface area contributed by atoms with E-state index in [2.05, 4.69) is 6.92 Å². The van der Waals surface area contributed by atoms with Crippen molar-refractivity contribution in [2.24, 2.45) is 0 Å². The smallest absolute Gasteiger partial charge is 0.223 e. The number of rotatable bonds is 3. The van der Waals surface area contributed by atoms with Crippen LogP contribution in [0.1, 0.15) is 50.5 Å². The number of nitrogen functional groups attached to an aromatic ring is 1. The number of amides is 1. The molecule has 1 saturated heterocycles. The molecule has 0 aromatic heterocycles. The maximum absolute atomic E-state index is 12.3. The van der Waals surface area contributed by atoms with E-state index in [1.807, 2.05) is 29.2 Å². The first kappa shape index (κ1) is 13.9. The van der Waals surface area contributed by atoms with E-state index in [0.29, 0.717) is 12.3 Å². The van der Waals surface area contributed by atoms with Gasteiger partial charge in [0, 0.05) is 25.2 Å². The van der Waals surface area contributed by atoms with Gasteiger partial charge in [-0.25, -0.2) is 0 Å². The van der Waals surface area contributed by atoms with Crippen LogP contribution in [0.4, 0.5) is 5.69 Å². The molecule has 1 unspecified atom stereocenters. The molecule has 0 bridgehead atoms. The normalized spacial score (nSPS) is 17.8. The molecule has 19 heavy (non-hydrogen) atoms. The number of carbonyl (C=O) groups excluding carboxylic acids is 1. The van der Waals surface area contributed by atoms with Crippen LogP contribution in [0.5, 0.6) is 0 Å². The third-order valence-electron chi connectivity index (χ3n) is 3.95. The van der Waals surface area contributed by atoms with E-state index in [0.717, 1.165) is 31.6 Å². The average Bonchev–Trinajstić information content (AvgIpc) is 2.68. The highest BCUT2D eigenvalue weighted by Gasteiger charge is 2.18. The number of nitrogens with zero attached hydrogens (tertiary/aromatic N) is 1. The summed E-state index contributed by atoms with van der Waals surface area (Å²) in [6, 6.07) is 7.86. The van der Waals surface area contributed by atoms with Crippen molar-refractivity contribution in [2.75, 3.05) is 18.8 Å². The second-order valence-corrected chi connectivity index (χ2v) is 5.57. The van der Waals surface area contributed by atoms with Crippen molar-refractivity contribution < 1.29 is 4.79 Å². The quantitative estimate of drug-likeness (QED) is 0.848. The Morgan fingerprint density at radius 2 is 1.74 bits per heavy atom. The lowest BCUT2D eigenvalue weighted by atomic mass is 9.97. The Kier molecular flexibility index (Phi) is 4.83. The molecule has 1 aromatic rings. The van der Waals surface area contributed by atoms with Gasteiger partial charge in [0.25, 0.3) is 0 Å². The summed E-state index contributed by atoms with van der Waals surface area (Å²) in [5.74, 6) is 0.558. The van der Waals surface area contributed by atoms with E-state index < -0.39 is 0 Å². The Hall–Kier alpha value is -1.51. The molecule has 1 aliphatic heterocycles. The van der Waals surface area contributed by atoms with Gasteiger partial charge in [-0.2, -0.15) is 0 Å². The molecule has 1 fully saturated rings. The van der Waals surface area contributed by atoms with E-state index in [-0.39, 0.29) is 5.92 Å². The summed E-state index contributed by atoms with van der Waals surface area (Å²) >= 11 is 0. The highest BCUT2D eigenvalue weighted by Crippen LogP contribution is 2.22. The minimum atomic E-state index is 0.261. The summed E-state index contributed by atoms with van der Waals surface area (Å²) in [7, 11) is 0. The van der Waals surface area contributed by atoms with Crippen molar-refractivity contribution in [3.05, 3.63) is 29.8 Å². The van der Waals surface area contributed by atoms with Crippen molar-refractivity contribution >= 4 is 11.6 Å². The molecule has 0 aliphatic carbocycles. The third-order valence-corrected chi connectivity index (χ3v) is 3.95. The van der Waals surface area contributed by atoms with Crippen LogP contribution in [0.15, 0.2) is 24.3 Å². The molecule has 3 nitrogen and oxygen atoms in total. The van der Waals surface area contributed by atoms with Crippen molar-refractivity contribution in [2.45, 2.75) is 44.9 Å². The maximum atomic E-state index is 12.3. The molecule has 1 amide bonds. The van der Waals surface area contributed by atoms with Gasteiger partial charge in [-0.3, -0.25) is 4.79 Å². The first-order valence-corrected chi connectivity index (χ1v) is 7.30. The van der Waals surface area contributed by atoms with Crippen molar-refractivity contribution in [3.8, 4) is 0 Å². The number of anilines is 1. The molecule has 2 N–H and O–H groups in total. The van der Waals surface area contributed by atoms with Crippen LogP contribution in [0.2, 0.25) is 0 Å². The molecular formula is C16H24N2O. The first-order valence-electron chi connectivity index (χ1n) is 7.30. The molecular weight excluding hydrogens is 236 g/mol. The van der Waals surface area contributed by atoms with Crippen LogP contribution in [-0.2, 0) is 4.79 Å². The Morgan fingerprint density at radius 1 is 1.16 bits per heavy atom. The molecule has 0 saturated carbocycles. The predicted octanol–water partition coefficient (Wildman–Crippen LogP) is 3.17. The molecule has 104 valence electrons.